The highest BCUT2D eigenvalue weighted by Gasteiger charge is 2.17. The smallest absolute Gasteiger partial charge is 0.327 e. The summed E-state index contributed by atoms with van der Waals surface area (Å²) in [7, 11) is 0. The number of hydrogen-bond donors (Lipinski definition) is 2. The summed E-state index contributed by atoms with van der Waals surface area (Å²) >= 11 is 1.56. The molecule has 1 aromatic rings. The van der Waals surface area contributed by atoms with Crippen LogP contribution in [0.25, 0.3) is 0 Å². The van der Waals surface area contributed by atoms with E-state index < -0.39 is 17.8 Å². The zero-order valence-electron chi connectivity index (χ0n) is 20.7. The quantitative estimate of drug-likeness (QED) is 0.203. The van der Waals surface area contributed by atoms with E-state index in [-0.39, 0.29) is 0 Å². The minimum atomic E-state index is -0.948. The maximum Gasteiger partial charge on any atom is 0.327 e. The molecular weight excluding hydrogens is 435 g/mol. The SMILES string of the molecule is CC(C)=CCCC(C)=CCCC(=CCSCC(Nc1ccc(F)cn1)C(=O)O)CC=C(C)C. The van der Waals surface area contributed by atoms with Crippen LogP contribution < -0.4 is 5.32 Å². The lowest BCUT2D eigenvalue weighted by molar-refractivity contribution is -0.137. The zero-order chi connectivity index (χ0) is 24.6. The number of aromatic nitrogens is 1. The first-order valence-electron chi connectivity index (χ1n) is 11.5. The third-order valence-corrected chi connectivity index (χ3v) is 5.92. The molecule has 0 aromatic carbocycles. The first-order chi connectivity index (χ1) is 15.7. The summed E-state index contributed by atoms with van der Waals surface area (Å²) in [5.41, 5.74) is 5.45. The largest absolute Gasteiger partial charge is 0.480 e. The molecule has 6 heteroatoms. The van der Waals surface area contributed by atoms with Gasteiger partial charge in [0.1, 0.15) is 17.7 Å². The van der Waals surface area contributed by atoms with Gasteiger partial charge in [-0.3, -0.25) is 0 Å². The summed E-state index contributed by atoms with van der Waals surface area (Å²) in [5, 5.41) is 12.4. The second-order valence-electron chi connectivity index (χ2n) is 8.69. The molecule has 182 valence electrons. The molecule has 0 aliphatic heterocycles. The lowest BCUT2D eigenvalue weighted by Gasteiger charge is -2.14. The van der Waals surface area contributed by atoms with E-state index in [1.807, 2.05) is 0 Å². The molecule has 0 aliphatic rings. The maximum absolute atomic E-state index is 13.0. The van der Waals surface area contributed by atoms with E-state index in [1.165, 1.54) is 34.4 Å². The molecule has 0 radical (unpaired) electrons. The van der Waals surface area contributed by atoms with Crippen molar-refractivity contribution in [3.63, 3.8) is 0 Å². The van der Waals surface area contributed by atoms with Crippen molar-refractivity contribution in [2.75, 3.05) is 16.8 Å². The van der Waals surface area contributed by atoms with E-state index in [0.717, 1.165) is 44.1 Å². The standard InChI is InChI=1S/C27H39FN2O2S/c1-20(2)8-6-9-22(5)10-7-11-23(13-12-21(3)4)16-17-33-19-25(27(31)32)30-26-15-14-24(28)18-29-26/h8,10,12,14-16,18,25H,6-7,9,11,13,17,19H2,1-5H3,(H,29,30)(H,31,32). The van der Waals surface area contributed by atoms with Crippen LogP contribution in [0.4, 0.5) is 10.2 Å². The fourth-order valence-electron chi connectivity index (χ4n) is 2.99. The van der Waals surface area contributed by atoms with Crippen molar-refractivity contribution in [1.82, 2.24) is 4.98 Å². The second kappa shape index (κ2) is 16.3. The number of carbonyl (C=O) groups is 1. The Bertz CT molecular complexity index is 849. The van der Waals surface area contributed by atoms with Gasteiger partial charge in [-0.05, 0) is 78.9 Å². The molecule has 0 aliphatic carbocycles. The van der Waals surface area contributed by atoms with Gasteiger partial charge in [-0.25, -0.2) is 14.2 Å². The highest BCUT2D eigenvalue weighted by molar-refractivity contribution is 7.99. The molecule has 2 N–H and O–H groups in total. The van der Waals surface area contributed by atoms with Gasteiger partial charge >= 0.3 is 5.97 Å². The van der Waals surface area contributed by atoms with Crippen molar-refractivity contribution in [2.45, 2.75) is 72.8 Å². The number of thioether (sulfide) groups is 1. The number of aliphatic carboxylic acids is 1. The summed E-state index contributed by atoms with van der Waals surface area (Å²) in [6.07, 6.45) is 15.3. The van der Waals surface area contributed by atoms with Gasteiger partial charge in [0.25, 0.3) is 0 Å². The van der Waals surface area contributed by atoms with E-state index in [0.29, 0.717) is 11.6 Å². The van der Waals surface area contributed by atoms with Gasteiger partial charge in [-0.1, -0.05) is 46.6 Å². The lowest BCUT2D eigenvalue weighted by atomic mass is 10.0. The number of allylic oxidation sites excluding steroid dienone is 7. The summed E-state index contributed by atoms with van der Waals surface area (Å²) < 4.78 is 13.0. The fraction of sp³-hybridized carbons (Fsp3) is 0.481. The van der Waals surface area contributed by atoms with Crippen LogP contribution in [-0.4, -0.2) is 33.6 Å². The molecule has 0 bridgehead atoms. The van der Waals surface area contributed by atoms with Crippen molar-refractivity contribution >= 4 is 23.5 Å². The van der Waals surface area contributed by atoms with Crippen molar-refractivity contribution in [3.8, 4) is 0 Å². The molecule has 33 heavy (non-hydrogen) atoms. The molecule has 1 rings (SSSR count). The van der Waals surface area contributed by atoms with Crippen LogP contribution >= 0.6 is 11.8 Å². The van der Waals surface area contributed by atoms with E-state index in [4.69, 9.17) is 0 Å². The number of halogens is 1. The van der Waals surface area contributed by atoms with Crippen molar-refractivity contribution < 1.29 is 14.3 Å². The van der Waals surface area contributed by atoms with Crippen LogP contribution in [0, 0.1) is 5.82 Å². The zero-order valence-corrected chi connectivity index (χ0v) is 21.5. The van der Waals surface area contributed by atoms with Crippen LogP contribution in [0.1, 0.15) is 66.7 Å². The first-order valence-corrected chi connectivity index (χ1v) is 12.6. The molecular formula is C27H39FN2O2S. The van der Waals surface area contributed by atoms with Gasteiger partial charge in [0.15, 0.2) is 0 Å². The number of nitrogens with one attached hydrogen (secondary N) is 1. The average Bonchev–Trinajstić information content (AvgIpc) is 2.74. The lowest BCUT2D eigenvalue weighted by Crippen LogP contribution is -2.32. The van der Waals surface area contributed by atoms with E-state index in [1.54, 1.807) is 11.8 Å². The van der Waals surface area contributed by atoms with Gasteiger partial charge < -0.3 is 10.4 Å². The number of anilines is 1. The molecule has 1 atom stereocenters. The number of carboxylic acid groups (broad SMARTS) is 1. The minimum Gasteiger partial charge on any atom is -0.480 e. The Hall–Kier alpha value is -2.34. The van der Waals surface area contributed by atoms with Crippen molar-refractivity contribution in [2.24, 2.45) is 0 Å². The minimum absolute atomic E-state index is 0.357. The number of hydrogen-bond acceptors (Lipinski definition) is 4. The monoisotopic (exact) mass is 474 g/mol. The molecule has 0 fully saturated rings. The molecule has 1 aromatic heterocycles. The van der Waals surface area contributed by atoms with Crippen LogP contribution in [0.15, 0.2) is 64.9 Å². The molecule has 0 spiro atoms. The Morgan fingerprint density at radius 1 is 1.06 bits per heavy atom. The molecule has 0 saturated carbocycles. The maximum atomic E-state index is 13.0. The fourth-order valence-corrected chi connectivity index (χ4v) is 3.95. The molecule has 1 unspecified atom stereocenters. The van der Waals surface area contributed by atoms with Gasteiger partial charge in [0, 0.05) is 11.5 Å². The van der Waals surface area contributed by atoms with Crippen molar-refractivity contribution in [1.29, 1.82) is 0 Å². The van der Waals surface area contributed by atoms with Gasteiger partial charge in [-0.15, -0.1) is 0 Å². The number of pyridine rings is 1. The first kappa shape index (κ1) is 28.7. The van der Waals surface area contributed by atoms with E-state index in [9.17, 15) is 14.3 Å². The predicted octanol–water partition coefficient (Wildman–Crippen LogP) is 7.57. The average molecular weight is 475 g/mol. The topological polar surface area (TPSA) is 62.2 Å². The Balaban J connectivity index is 2.60. The van der Waals surface area contributed by atoms with Crippen LogP contribution in [0.3, 0.4) is 0 Å². The van der Waals surface area contributed by atoms with Crippen LogP contribution in [0.5, 0.6) is 0 Å². The van der Waals surface area contributed by atoms with Gasteiger partial charge in [-0.2, -0.15) is 11.8 Å². The predicted molar refractivity (Wildman–Crippen MR) is 140 cm³/mol. The summed E-state index contributed by atoms with van der Waals surface area (Å²) in [6.45, 7) is 10.7. The Kier molecular flexibility index (Phi) is 14.2. The van der Waals surface area contributed by atoms with Crippen LogP contribution in [0.2, 0.25) is 0 Å². The van der Waals surface area contributed by atoms with Crippen LogP contribution in [-0.2, 0) is 4.79 Å². The number of carboxylic acids is 1. The molecule has 0 amide bonds. The second-order valence-corrected chi connectivity index (χ2v) is 9.77. The Morgan fingerprint density at radius 3 is 2.36 bits per heavy atom. The Morgan fingerprint density at radius 2 is 1.76 bits per heavy atom. The molecule has 4 nitrogen and oxygen atoms in total. The third kappa shape index (κ3) is 14.4. The van der Waals surface area contributed by atoms with Gasteiger partial charge in [0.2, 0.25) is 0 Å². The summed E-state index contributed by atoms with van der Waals surface area (Å²) in [4.78, 5) is 15.5. The number of nitrogens with zero attached hydrogens (tertiary/aromatic N) is 1. The Labute approximate surface area is 203 Å². The highest BCUT2D eigenvalue weighted by Crippen LogP contribution is 2.18. The third-order valence-electron chi connectivity index (χ3n) is 4.94. The summed E-state index contributed by atoms with van der Waals surface area (Å²) in [6, 6.07) is 1.92. The van der Waals surface area contributed by atoms with E-state index in [2.05, 4.69) is 69.2 Å². The molecule has 0 saturated heterocycles. The van der Waals surface area contributed by atoms with Crippen molar-refractivity contribution in [3.05, 3.63) is 70.7 Å². The highest BCUT2D eigenvalue weighted by atomic mass is 32.2. The van der Waals surface area contributed by atoms with Gasteiger partial charge in [0.05, 0.1) is 6.20 Å². The summed E-state index contributed by atoms with van der Waals surface area (Å²) in [5.74, 6) is 0.0996. The normalized spacial score (nSPS) is 12.8. The number of rotatable bonds is 15. The molecule has 1 heterocycles. The van der Waals surface area contributed by atoms with E-state index >= 15 is 0 Å².